The lowest BCUT2D eigenvalue weighted by atomic mass is 10.1. The Labute approximate surface area is 90.5 Å². The van der Waals surface area contributed by atoms with Crippen LogP contribution < -0.4 is 5.32 Å². The van der Waals surface area contributed by atoms with E-state index >= 15 is 0 Å². The maximum atomic E-state index is 5.67. The molecule has 0 heterocycles. The maximum absolute atomic E-state index is 5.67. The Balaban J connectivity index is 1.84. The lowest BCUT2D eigenvalue weighted by Gasteiger charge is -2.05. The number of halogens is 1. The Hall–Kier alpha value is -0.690. The summed E-state index contributed by atoms with van der Waals surface area (Å²) in [5.41, 5.74) is 2.55. The number of nitrogens with one attached hydrogen (secondary N) is 1. The minimum atomic E-state index is 0.703. The van der Waals surface area contributed by atoms with E-state index < -0.39 is 0 Å². The summed E-state index contributed by atoms with van der Waals surface area (Å²) in [6, 6.07) is 8.59. The zero-order valence-corrected chi connectivity index (χ0v) is 9.06. The fraction of sp³-hybridized carbons (Fsp3) is 0.500. The number of aryl methyl sites for hydroxylation is 1. The highest BCUT2D eigenvalue weighted by Crippen LogP contribution is 2.28. The van der Waals surface area contributed by atoms with Gasteiger partial charge in [-0.2, -0.15) is 0 Å². The van der Waals surface area contributed by atoms with Gasteiger partial charge in [-0.15, -0.1) is 11.6 Å². The van der Waals surface area contributed by atoms with Gasteiger partial charge in [0.1, 0.15) is 0 Å². The molecule has 0 saturated heterocycles. The Bertz CT molecular complexity index is 277. The SMILES string of the molecule is ClCCc1ccc(NCC2CC2)cc1. The first-order valence-electron chi connectivity index (χ1n) is 5.27. The summed E-state index contributed by atoms with van der Waals surface area (Å²) < 4.78 is 0. The van der Waals surface area contributed by atoms with Gasteiger partial charge in [0, 0.05) is 18.1 Å². The van der Waals surface area contributed by atoms with Gasteiger partial charge in [-0.05, 0) is 42.9 Å². The highest BCUT2D eigenvalue weighted by molar-refractivity contribution is 6.17. The third-order valence-corrected chi connectivity index (χ3v) is 2.82. The summed E-state index contributed by atoms with van der Waals surface area (Å²) in [5.74, 6) is 1.63. The first-order valence-corrected chi connectivity index (χ1v) is 5.81. The average molecular weight is 210 g/mol. The van der Waals surface area contributed by atoms with Crippen LogP contribution in [-0.2, 0) is 6.42 Å². The lowest BCUT2D eigenvalue weighted by Crippen LogP contribution is -2.02. The van der Waals surface area contributed by atoms with Crippen LogP contribution in [0.3, 0.4) is 0 Å². The van der Waals surface area contributed by atoms with Crippen molar-refractivity contribution in [2.24, 2.45) is 5.92 Å². The molecule has 0 bridgehead atoms. The number of hydrogen-bond donors (Lipinski definition) is 1. The lowest BCUT2D eigenvalue weighted by molar-refractivity contribution is 0.889. The fourth-order valence-electron chi connectivity index (χ4n) is 1.48. The van der Waals surface area contributed by atoms with Crippen molar-refractivity contribution in [2.75, 3.05) is 17.7 Å². The van der Waals surface area contributed by atoms with Crippen molar-refractivity contribution in [1.29, 1.82) is 0 Å². The van der Waals surface area contributed by atoms with Crippen LogP contribution in [0.15, 0.2) is 24.3 Å². The van der Waals surface area contributed by atoms with E-state index in [1.54, 1.807) is 0 Å². The molecule has 0 amide bonds. The predicted octanol–water partition coefficient (Wildman–Crippen LogP) is 3.29. The molecule has 1 aliphatic carbocycles. The van der Waals surface area contributed by atoms with Crippen molar-refractivity contribution in [3.05, 3.63) is 29.8 Å². The second-order valence-corrected chi connectivity index (χ2v) is 4.34. The van der Waals surface area contributed by atoms with Crippen LogP contribution in [0.4, 0.5) is 5.69 Å². The van der Waals surface area contributed by atoms with Crippen LogP contribution >= 0.6 is 11.6 Å². The van der Waals surface area contributed by atoms with Crippen molar-refractivity contribution in [3.8, 4) is 0 Å². The number of rotatable bonds is 5. The molecule has 0 spiro atoms. The Morgan fingerprint density at radius 2 is 1.93 bits per heavy atom. The van der Waals surface area contributed by atoms with Crippen molar-refractivity contribution >= 4 is 17.3 Å². The molecule has 1 aliphatic rings. The summed E-state index contributed by atoms with van der Waals surface area (Å²) in [5, 5.41) is 3.44. The van der Waals surface area contributed by atoms with Crippen LogP contribution in [0.1, 0.15) is 18.4 Å². The van der Waals surface area contributed by atoms with Gasteiger partial charge >= 0.3 is 0 Å². The smallest absolute Gasteiger partial charge is 0.0340 e. The predicted molar refractivity (Wildman–Crippen MR) is 62.1 cm³/mol. The average Bonchev–Trinajstić information content (AvgIpc) is 3.01. The summed E-state index contributed by atoms with van der Waals surface area (Å²) >= 11 is 5.67. The first kappa shape index (κ1) is 9.85. The monoisotopic (exact) mass is 209 g/mol. The molecule has 0 aliphatic heterocycles. The van der Waals surface area contributed by atoms with Crippen molar-refractivity contribution in [3.63, 3.8) is 0 Å². The van der Waals surface area contributed by atoms with Crippen LogP contribution in [0.25, 0.3) is 0 Å². The number of hydrogen-bond acceptors (Lipinski definition) is 1. The second kappa shape index (κ2) is 4.70. The van der Waals surface area contributed by atoms with E-state index in [1.165, 1.54) is 24.1 Å². The van der Waals surface area contributed by atoms with Gasteiger partial charge in [-0.1, -0.05) is 12.1 Å². The molecule has 1 N–H and O–H groups in total. The van der Waals surface area contributed by atoms with E-state index in [2.05, 4.69) is 29.6 Å². The molecule has 1 fully saturated rings. The van der Waals surface area contributed by atoms with E-state index in [4.69, 9.17) is 11.6 Å². The molecule has 1 aromatic rings. The zero-order valence-electron chi connectivity index (χ0n) is 8.30. The van der Waals surface area contributed by atoms with E-state index in [9.17, 15) is 0 Å². The molecule has 0 unspecified atom stereocenters. The molecule has 0 radical (unpaired) electrons. The molecule has 1 saturated carbocycles. The fourth-order valence-corrected chi connectivity index (χ4v) is 1.70. The maximum Gasteiger partial charge on any atom is 0.0340 e. The second-order valence-electron chi connectivity index (χ2n) is 3.96. The molecule has 1 nitrogen and oxygen atoms in total. The van der Waals surface area contributed by atoms with Gasteiger partial charge in [0.25, 0.3) is 0 Å². The van der Waals surface area contributed by atoms with Gasteiger partial charge in [-0.25, -0.2) is 0 Å². The van der Waals surface area contributed by atoms with Crippen LogP contribution in [0, 0.1) is 5.92 Å². The summed E-state index contributed by atoms with van der Waals surface area (Å²) in [7, 11) is 0. The standard InChI is InChI=1S/C12H16ClN/c13-8-7-10-3-5-12(6-4-10)14-9-11-1-2-11/h3-6,11,14H,1-2,7-9H2. The quantitative estimate of drug-likeness (QED) is 0.734. The molecular formula is C12H16ClN. The van der Waals surface area contributed by atoms with Gasteiger partial charge in [0.2, 0.25) is 0 Å². The largest absolute Gasteiger partial charge is 0.385 e. The molecule has 2 heteroatoms. The molecular weight excluding hydrogens is 194 g/mol. The normalized spacial score (nSPS) is 15.5. The van der Waals surface area contributed by atoms with Crippen LogP contribution in [0.2, 0.25) is 0 Å². The van der Waals surface area contributed by atoms with Crippen molar-refractivity contribution in [1.82, 2.24) is 0 Å². The van der Waals surface area contributed by atoms with E-state index in [-0.39, 0.29) is 0 Å². The van der Waals surface area contributed by atoms with Gasteiger partial charge in [0.15, 0.2) is 0 Å². The first-order chi connectivity index (χ1) is 6.88. The van der Waals surface area contributed by atoms with E-state index in [0.29, 0.717) is 5.88 Å². The highest BCUT2D eigenvalue weighted by Gasteiger charge is 2.20. The van der Waals surface area contributed by atoms with Gasteiger partial charge < -0.3 is 5.32 Å². The van der Waals surface area contributed by atoms with Gasteiger partial charge in [-0.3, -0.25) is 0 Å². The van der Waals surface area contributed by atoms with Crippen molar-refractivity contribution < 1.29 is 0 Å². The molecule has 0 atom stereocenters. The summed E-state index contributed by atoms with van der Waals surface area (Å²) in [6.45, 7) is 1.13. The molecule has 0 aromatic heterocycles. The Kier molecular flexibility index (Phi) is 3.30. The zero-order chi connectivity index (χ0) is 9.80. The van der Waals surface area contributed by atoms with Crippen molar-refractivity contribution in [2.45, 2.75) is 19.3 Å². The van der Waals surface area contributed by atoms with E-state index in [1.807, 2.05) is 0 Å². The third-order valence-electron chi connectivity index (χ3n) is 2.63. The number of alkyl halides is 1. The number of anilines is 1. The topological polar surface area (TPSA) is 12.0 Å². The minimum Gasteiger partial charge on any atom is -0.385 e. The Morgan fingerprint density at radius 3 is 2.50 bits per heavy atom. The number of benzene rings is 1. The third kappa shape index (κ3) is 2.91. The Morgan fingerprint density at radius 1 is 1.21 bits per heavy atom. The van der Waals surface area contributed by atoms with Gasteiger partial charge in [0.05, 0.1) is 0 Å². The molecule has 2 rings (SSSR count). The summed E-state index contributed by atoms with van der Waals surface area (Å²) in [4.78, 5) is 0. The van der Waals surface area contributed by atoms with Crippen LogP contribution in [-0.4, -0.2) is 12.4 Å². The molecule has 76 valence electrons. The molecule has 14 heavy (non-hydrogen) atoms. The highest BCUT2D eigenvalue weighted by atomic mass is 35.5. The summed E-state index contributed by atoms with van der Waals surface area (Å²) in [6.07, 6.45) is 3.76. The van der Waals surface area contributed by atoms with Crippen LogP contribution in [0.5, 0.6) is 0 Å². The minimum absolute atomic E-state index is 0.703. The van der Waals surface area contributed by atoms with E-state index in [0.717, 1.165) is 18.9 Å². The molecule has 1 aromatic carbocycles.